The fraction of sp³-hybridized carbons (Fsp3) is 0.765. The molecule has 75 heavy (non-hydrogen) atoms. The molecule has 24 nitrogen and oxygen atoms in total. The van der Waals surface area contributed by atoms with Gasteiger partial charge in [-0.25, -0.2) is 9.59 Å². The van der Waals surface area contributed by atoms with Gasteiger partial charge in [0.05, 0.1) is 55.2 Å². The maximum atomic E-state index is 13.8. The zero-order valence-electron chi connectivity index (χ0n) is 44.9. The van der Waals surface area contributed by atoms with E-state index in [9.17, 15) is 54.3 Å². The van der Waals surface area contributed by atoms with Gasteiger partial charge in [0.1, 0.15) is 54.7 Å². The molecule has 0 radical (unpaired) electrons. The molecule has 1 aromatic heterocycles. The zero-order valence-corrected chi connectivity index (χ0v) is 44.9. The van der Waals surface area contributed by atoms with E-state index in [0.717, 1.165) is 12.4 Å². The number of nitrogens with one attached hydrogen (secondary N) is 2. The Balaban J connectivity index is 0.000000977. The van der Waals surface area contributed by atoms with E-state index in [1.165, 1.54) is 27.2 Å². The molecule has 0 spiro atoms. The van der Waals surface area contributed by atoms with E-state index in [0.29, 0.717) is 12.0 Å². The fourth-order valence-electron chi connectivity index (χ4n) is 10.1. The quantitative estimate of drug-likeness (QED) is 0.0934. The maximum absolute atomic E-state index is 13.8. The molecule has 0 saturated carbocycles. The summed E-state index contributed by atoms with van der Waals surface area (Å²) < 4.78 is 54.7. The number of likely N-dealkylation sites (N-methyl/N-ethyl adjacent to an activating group) is 1. The number of aldehydes is 1. The molecule has 3 fully saturated rings. The first-order chi connectivity index (χ1) is 35.2. The Morgan fingerprint density at radius 3 is 2.09 bits per heavy atom. The van der Waals surface area contributed by atoms with Crippen LogP contribution in [0.2, 0.25) is 0 Å². The Kier molecular flexibility index (Phi) is 24.1. The van der Waals surface area contributed by atoms with Gasteiger partial charge < -0.3 is 87.9 Å². The summed E-state index contributed by atoms with van der Waals surface area (Å²) in [6.45, 7) is 13.6. The van der Waals surface area contributed by atoms with E-state index < -0.39 is 163 Å². The highest BCUT2D eigenvalue weighted by atomic mass is 16.7. The molecule has 4 aliphatic rings. The summed E-state index contributed by atoms with van der Waals surface area (Å²) in [5.74, 6) is -4.93. The number of hydrogen-bond donors (Lipinski definition) is 8. The van der Waals surface area contributed by atoms with E-state index in [1.54, 1.807) is 59.7 Å². The van der Waals surface area contributed by atoms with Crippen LogP contribution in [-0.4, -0.2) is 208 Å². The number of aliphatic hydroxyl groups is 5. The Morgan fingerprint density at radius 2 is 1.52 bits per heavy atom. The van der Waals surface area contributed by atoms with Crippen molar-refractivity contribution in [1.82, 2.24) is 14.9 Å². The van der Waals surface area contributed by atoms with Crippen molar-refractivity contribution in [2.24, 2.45) is 23.7 Å². The summed E-state index contributed by atoms with van der Waals surface area (Å²) in [6, 6.07) is 0.0469. The minimum atomic E-state index is -1.49. The Bertz CT molecular complexity index is 2170. The van der Waals surface area contributed by atoms with Crippen molar-refractivity contribution in [3.8, 4) is 0 Å². The van der Waals surface area contributed by atoms with Gasteiger partial charge in [-0.05, 0) is 73.5 Å². The first kappa shape index (κ1) is 63.4. The average molecular weight is 1070 g/mol. The number of aliphatic hydroxyl groups excluding tert-OH is 4. The van der Waals surface area contributed by atoms with E-state index >= 15 is 0 Å². The molecule has 3 saturated heterocycles. The molecular weight excluding hydrogens is 991 g/mol. The number of H-pyrrole nitrogens is 2. The van der Waals surface area contributed by atoms with E-state index in [1.807, 2.05) is 29.9 Å². The molecule has 24 heteroatoms. The standard InChI is InChI=1S/C46H77NO17.C5H4N2O4/c1-13-33-30(22-58-45-42(57-12)41(56-11)37(52)26(5)60-45)18-23(2)14-15-31(49)24(3)19-29(16-17-48)39(25(4)32(50)20-34(51)62-33)64-44-38(53)36(47(9)10)40(27(6)61-44)63-35-21-46(8,55)43(54)28(7)59-35;8-3-1-2(4(9)10)6-5(11)7-3/h14-15,17-18,24-30,32-33,35-45,50,52-55H,13,16,19-22H2,1-12H3;1H,(H,9,10)(H2,6,7,8,11)/b15-14+,23-18+;/t24-,25+,26-,27-,28+,29+,30?,32-,33-,35+,36-,37-,38-,39-,40-,41-,42-,43+,44+,45-,46-;/m1./s1. The number of nitrogens with zero attached hydrogens (tertiary/aromatic N) is 1. The summed E-state index contributed by atoms with van der Waals surface area (Å²) in [5, 5.41) is 64.1. The monoisotopic (exact) mass is 1070 g/mol. The lowest BCUT2D eigenvalue weighted by Gasteiger charge is -2.50. The lowest BCUT2D eigenvalue weighted by Crippen LogP contribution is -2.65. The lowest BCUT2D eigenvalue weighted by atomic mass is 9.79. The van der Waals surface area contributed by atoms with Gasteiger partial charge in [0, 0.05) is 50.9 Å². The van der Waals surface area contributed by atoms with Crippen LogP contribution in [0, 0.1) is 23.7 Å². The van der Waals surface area contributed by atoms with Crippen LogP contribution in [0.5, 0.6) is 0 Å². The first-order valence-electron chi connectivity index (χ1n) is 25.3. The van der Waals surface area contributed by atoms with Crippen molar-refractivity contribution in [3.63, 3.8) is 0 Å². The number of rotatable bonds is 14. The van der Waals surface area contributed by atoms with Gasteiger partial charge in [0.15, 0.2) is 24.7 Å². The number of ketones is 1. The molecule has 1 unspecified atom stereocenters. The summed E-state index contributed by atoms with van der Waals surface area (Å²) in [4.78, 5) is 76.4. The van der Waals surface area contributed by atoms with Crippen LogP contribution in [0.15, 0.2) is 39.5 Å². The number of aromatic carboxylic acids is 1. The summed E-state index contributed by atoms with van der Waals surface area (Å²) in [7, 11) is 6.43. The number of allylic oxidation sites excluding steroid dienone is 3. The van der Waals surface area contributed by atoms with Crippen molar-refractivity contribution < 1.29 is 92.4 Å². The summed E-state index contributed by atoms with van der Waals surface area (Å²) >= 11 is 0. The number of methoxy groups -OCH3 is 2. The zero-order chi connectivity index (χ0) is 56.2. The number of carboxylic acid groups (broad SMARTS) is 1. The molecule has 5 heterocycles. The summed E-state index contributed by atoms with van der Waals surface area (Å²) in [6.07, 6.45) is -8.49. The smallest absolute Gasteiger partial charge is 0.352 e. The fourth-order valence-corrected chi connectivity index (χ4v) is 10.1. The minimum Gasteiger partial charge on any atom is -0.477 e. The molecule has 0 aromatic carbocycles. The van der Waals surface area contributed by atoms with Crippen molar-refractivity contribution in [2.45, 2.75) is 191 Å². The highest BCUT2D eigenvalue weighted by Gasteiger charge is 2.52. The highest BCUT2D eigenvalue weighted by Crippen LogP contribution is 2.37. The number of carbonyl (C=O) groups excluding carboxylic acids is 3. The van der Waals surface area contributed by atoms with Gasteiger partial charge in [0.2, 0.25) is 0 Å². The van der Waals surface area contributed by atoms with Gasteiger partial charge in [-0.2, -0.15) is 0 Å². The summed E-state index contributed by atoms with van der Waals surface area (Å²) in [5.41, 5.74) is -2.78. The predicted octanol–water partition coefficient (Wildman–Crippen LogP) is 0.595. The van der Waals surface area contributed by atoms with Crippen LogP contribution in [0.4, 0.5) is 0 Å². The van der Waals surface area contributed by atoms with Crippen LogP contribution in [0.3, 0.4) is 0 Å². The second kappa shape index (κ2) is 28.5. The van der Waals surface area contributed by atoms with E-state index in [2.05, 4.69) is 0 Å². The minimum absolute atomic E-state index is 0.00788. The highest BCUT2D eigenvalue weighted by molar-refractivity contribution is 5.91. The third kappa shape index (κ3) is 16.9. The average Bonchev–Trinajstić information content (AvgIpc) is 3.33. The largest absolute Gasteiger partial charge is 0.477 e. The van der Waals surface area contributed by atoms with Gasteiger partial charge in [0.25, 0.3) is 5.56 Å². The van der Waals surface area contributed by atoms with Gasteiger partial charge in [-0.3, -0.25) is 19.4 Å². The van der Waals surface area contributed by atoms with E-state index in [-0.39, 0.29) is 31.7 Å². The molecule has 4 aliphatic heterocycles. The second-order valence-electron chi connectivity index (χ2n) is 20.5. The molecule has 0 bridgehead atoms. The van der Waals surface area contributed by atoms with Crippen LogP contribution in [-0.2, 0) is 57.0 Å². The topological polar surface area (TPSA) is 342 Å². The number of carbonyl (C=O) groups is 4. The third-order valence-electron chi connectivity index (χ3n) is 14.4. The molecule has 0 amide bonds. The number of cyclic esters (lactones) is 1. The van der Waals surface area contributed by atoms with Crippen molar-refractivity contribution in [3.05, 3.63) is 56.4 Å². The van der Waals surface area contributed by atoms with Crippen LogP contribution >= 0.6 is 0 Å². The van der Waals surface area contributed by atoms with E-state index in [4.69, 9.17) is 47.7 Å². The number of esters is 1. The van der Waals surface area contributed by atoms with Crippen LogP contribution in [0.25, 0.3) is 0 Å². The van der Waals surface area contributed by atoms with Crippen molar-refractivity contribution >= 4 is 24.0 Å². The molecule has 5 rings (SSSR count). The normalized spacial score (nSPS) is 40.6. The van der Waals surface area contributed by atoms with Crippen molar-refractivity contribution in [1.29, 1.82) is 0 Å². The Hall–Kier alpha value is -4.12. The number of aromatic amines is 2. The number of ether oxygens (including phenoxy) is 9. The SMILES string of the molecule is CC[C@H]1OC(=O)C[C@@H](O)[C@H](C)[C@@H](O[C@@H]2O[C@H](C)[C@@H](O[C@H]3C[C@@](C)(O)[C@@H](O)[C@H](C)O3)[C@H](N(C)C)[C@H]2O)[C@@H](CC=O)C[C@@H](C)C(=O)/C=C/C(C)=C/C1CO[C@@H]1O[C@H](C)[C@@H](O)[C@@H](OC)[C@H]1OC.O=C(O)c1cc(=O)[nH]c(=O)[nH]1. The molecular formula is C51H81N3O21. The number of hydrogen-bond acceptors (Lipinski definition) is 21. The van der Waals surface area contributed by atoms with Crippen molar-refractivity contribution in [2.75, 3.05) is 34.9 Å². The molecule has 21 atom stereocenters. The van der Waals surface area contributed by atoms with Gasteiger partial charge in [-0.15, -0.1) is 0 Å². The molecule has 8 N–H and O–H groups in total. The second-order valence-corrected chi connectivity index (χ2v) is 20.5. The Morgan fingerprint density at radius 1 is 0.867 bits per heavy atom. The predicted molar refractivity (Wildman–Crippen MR) is 265 cm³/mol. The maximum Gasteiger partial charge on any atom is 0.352 e. The molecule has 1 aromatic rings. The number of carboxylic acids is 1. The number of aromatic nitrogens is 2. The van der Waals surface area contributed by atoms with Crippen LogP contribution in [0.1, 0.15) is 98.0 Å². The first-order valence-corrected chi connectivity index (χ1v) is 25.3. The molecule has 426 valence electrons. The molecule has 0 aliphatic carbocycles. The van der Waals surface area contributed by atoms with Gasteiger partial charge >= 0.3 is 17.6 Å². The lowest BCUT2D eigenvalue weighted by molar-refractivity contribution is -0.341. The Labute approximate surface area is 436 Å². The van der Waals surface area contributed by atoms with Gasteiger partial charge in [-0.1, -0.05) is 38.5 Å². The third-order valence-corrected chi connectivity index (χ3v) is 14.4. The van der Waals surface area contributed by atoms with Crippen LogP contribution < -0.4 is 11.2 Å².